The van der Waals surface area contributed by atoms with Crippen molar-refractivity contribution in [1.82, 2.24) is 20.7 Å². The van der Waals surface area contributed by atoms with Gasteiger partial charge in [0.25, 0.3) is 0 Å². The summed E-state index contributed by atoms with van der Waals surface area (Å²) in [4.78, 5) is 28.6. The van der Waals surface area contributed by atoms with E-state index in [-0.39, 0.29) is 17.7 Å². The van der Waals surface area contributed by atoms with Gasteiger partial charge in [-0.25, -0.2) is 5.43 Å². The number of piperidine rings is 1. The van der Waals surface area contributed by atoms with Gasteiger partial charge >= 0.3 is 5.97 Å². The summed E-state index contributed by atoms with van der Waals surface area (Å²) in [6, 6.07) is 7.86. The standard InChI is InChI=1S/C20H28N4O3/c25-19(24-10-7-14-3-1-2-4-16(14)13-24)15-5-8-23(9-6-15)12-17-11-21-22-18(17)20(26)27/h1-4,15,17-18,21-22H,5-13H2,(H,26,27). The van der Waals surface area contributed by atoms with Gasteiger partial charge in [-0.15, -0.1) is 0 Å². The lowest BCUT2D eigenvalue weighted by atomic mass is 9.92. The molecule has 3 aliphatic rings. The Hall–Kier alpha value is -1.96. The van der Waals surface area contributed by atoms with Gasteiger partial charge in [-0.3, -0.25) is 15.0 Å². The quantitative estimate of drug-likeness (QED) is 0.712. The Labute approximate surface area is 159 Å². The topological polar surface area (TPSA) is 84.9 Å². The van der Waals surface area contributed by atoms with Crippen LogP contribution in [0.1, 0.15) is 24.0 Å². The van der Waals surface area contributed by atoms with Gasteiger partial charge in [-0.1, -0.05) is 24.3 Å². The van der Waals surface area contributed by atoms with E-state index in [9.17, 15) is 14.7 Å². The molecule has 2 unspecified atom stereocenters. The van der Waals surface area contributed by atoms with E-state index in [1.54, 1.807) is 0 Å². The molecule has 4 rings (SSSR count). The van der Waals surface area contributed by atoms with Crippen LogP contribution >= 0.6 is 0 Å². The summed E-state index contributed by atoms with van der Waals surface area (Å²) in [5.74, 6) is -0.354. The Balaban J connectivity index is 1.28. The summed E-state index contributed by atoms with van der Waals surface area (Å²) in [5.41, 5.74) is 8.43. The number of carbonyl (C=O) groups is 2. The summed E-state index contributed by atoms with van der Waals surface area (Å²) in [5, 5.41) is 9.27. The Bertz CT molecular complexity index is 702. The molecular weight excluding hydrogens is 344 g/mol. The number of nitrogens with one attached hydrogen (secondary N) is 2. The molecule has 3 aliphatic heterocycles. The summed E-state index contributed by atoms with van der Waals surface area (Å²) in [7, 11) is 0. The van der Waals surface area contributed by atoms with E-state index in [1.165, 1.54) is 11.1 Å². The molecule has 0 bridgehead atoms. The fourth-order valence-corrected chi connectivity index (χ4v) is 4.61. The van der Waals surface area contributed by atoms with Gasteiger partial charge in [0.1, 0.15) is 6.04 Å². The molecule has 0 saturated carbocycles. The zero-order valence-electron chi connectivity index (χ0n) is 15.6. The van der Waals surface area contributed by atoms with Crippen molar-refractivity contribution in [2.45, 2.75) is 31.8 Å². The molecule has 0 spiro atoms. The SMILES string of the molecule is O=C(O)C1NNCC1CN1CCC(C(=O)N2CCc3ccccc3C2)CC1. The van der Waals surface area contributed by atoms with Crippen molar-refractivity contribution in [3.05, 3.63) is 35.4 Å². The number of hydrazine groups is 1. The van der Waals surface area contributed by atoms with Crippen LogP contribution in [-0.2, 0) is 22.6 Å². The van der Waals surface area contributed by atoms with E-state index < -0.39 is 12.0 Å². The first kappa shape index (κ1) is 18.4. The zero-order valence-corrected chi connectivity index (χ0v) is 15.6. The first-order valence-corrected chi connectivity index (χ1v) is 9.91. The normalized spacial score (nSPS) is 26.7. The van der Waals surface area contributed by atoms with Crippen LogP contribution in [0.25, 0.3) is 0 Å². The van der Waals surface area contributed by atoms with Gasteiger partial charge in [0.2, 0.25) is 5.91 Å². The van der Waals surface area contributed by atoms with Crippen LogP contribution in [0.4, 0.5) is 0 Å². The fraction of sp³-hybridized carbons (Fsp3) is 0.600. The minimum Gasteiger partial charge on any atom is -0.480 e. The molecule has 1 aromatic carbocycles. The lowest BCUT2D eigenvalue weighted by molar-refractivity contribution is -0.140. The molecule has 27 heavy (non-hydrogen) atoms. The molecule has 0 radical (unpaired) electrons. The van der Waals surface area contributed by atoms with Crippen LogP contribution in [0, 0.1) is 11.8 Å². The monoisotopic (exact) mass is 372 g/mol. The molecule has 3 N–H and O–H groups in total. The molecule has 2 saturated heterocycles. The Morgan fingerprint density at radius 3 is 2.59 bits per heavy atom. The average Bonchev–Trinajstić information content (AvgIpc) is 3.16. The molecular formula is C20H28N4O3. The van der Waals surface area contributed by atoms with Crippen molar-refractivity contribution >= 4 is 11.9 Å². The molecule has 1 amide bonds. The summed E-state index contributed by atoms with van der Waals surface area (Å²) < 4.78 is 0. The number of benzene rings is 1. The second kappa shape index (κ2) is 7.96. The van der Waals surface area contributed by atoms with Crippen LogP contribution in [0.3, 0.4) is 0 Å². The molecule has 7 heteroatoms. The first-order chi connectivity index (χ1) is 13.1. The van der Waals surface area contributed by atoms with Crippen LogP contribution in [0.15, 0.2) is 24.3 Å². The molecule has 2 atom stereocenters. The van der Waals surface area contributed by atoms with E-state index in [1.807, 2.05) is 11.0 Å². The number of amides is 1. The molecule has 0 aromatic heterocycles. The Morgan fingerprint density at radius 2 is 1.85 bits per heavy atom. The molecule has 2 fully saturated rings. The number of fused-ring (bicyclic) bond motifs is 1. The van der Waals surface area contributed by atoms with Crippen molar-refractivity contribution in [2.75, 3.05) is 32.7 Å². The van der Waals surface area contributed by atoms with Crippen LogP contribution < -0.4 is 10.9 Å². The molecule has 146 valence electrons. The molecule has 7 nitrogen and oxygen atoms in total. The predicted molar refractivity (Wildman–Crippen MR) is 101 cm³/mol. The number of aliphatic carboxylic acids is 1. The van der Waals surface area contributed by atoms with Gasteiger partial charge in [-0.2, -0.15) is 0 Å². The summed E-state index contributed by atoms with van der Waals surface area (Å²) >= 11 is 0. The molecule has 3 heterocycles. The number of carboxylic acids is 1. The van der Waals surface area contributed by atoms with Crippen molar-refractivity contribution in [3.63, 3.8) is 0 Å². The number of hydrogen-bond donors (Lipinski definition) is 3. The fourth-order valence-electron chi connectivity index (χ4n) is 4.61. The third kappa shape index (κ3) is 4.00. The third-order valence-electron chi connectivity index (χ3n) is 6.23. The zero-order chi connectivity index (χ0) is 18.8. The van der Waals surface area contributed by atoms with Crippen LogP contribution in [0.2, 0.25) is 0 Å². The van der Waals surface area contributed by atoms with Crippen molar-refractivity contribution in [3.8, 4) is 0 Å². The largest absolute Gasteiger partial charge is 0.480 e. The number of nitrogens with zero attached hydrogens (tertiary/aromatic N) is 2. The smallest absolute Gasteiger partial charge is 0.322 e. The number of likely N-dealkylation sites (tertiary alicyclic amines) is 1. The van der Waals surface area contributed by atoms with Crippen molar-refractivity contribution in [1.29, 1.82) is 0 Å². The second-order valence-corrected chi connectivity index (χ2v) is 7.95. The molecule has 1 aromatic rings. The summed E-state index contributed by atoms with van der Waals surface area (Å²) in [6.07, 6.45) is 2.67. The maximum absolute atomic E-state index is 13.0. The van der Waals surface area contributed by atoms with Gasteiger partial charge in [-0.05, 0) is 43.5 Å². The maximum Gasteiger partial charge on any atom is 0.322 e. The second-order valence-electron chi connectivity index (χ2n) is 7.95. The minimum atomic E-state index is -0.805. The highest BCUT2D eigenvalue weighted by molar-refractivity contribution is 5.79. The Morgan fingerprint density at radius 1 is 1.11 bits per heavy atom. The lowest BCUT2D eigenvalue weighted by Gasteiger charge is -2.37. The van der Waals surface area contributed by atoms with Gasteiger partial charge < -0.3 is 14.9 Å². The number of carbonyl (C=O) groups excluding carboxylic acids is 1. The van der Waals surface area contributed by atoms with E-state index in [0.29, 0.717) is 6.54 Å². The lowest BCUT2D eigenvalue weighted by Crippen LogP contribution is -2.47. The molecule has 0 aliphatic carbocycles. The predicted octanol–water partition coefficient (Wildman–Crippen LogP) is 0.461. The van der Waals surface area contributed by atoms with E-state index in [0.717, 1.165) is 52.0 Å². The highest BCUT2D eigenvalue weighted by Crippen LogP contribution is 2.25. The maximum atomic E-state index is 13.0. The van der Waals surface area contributed by atoms with Crippen molar-refractivity contribution in [2.24, 2.45) is 11.8 Å². The number of hydrogen-bond acceptors (Lipinski definition) is 5. The highest BCUT2D eigenvalue weighted by Gasteiger charge is 2.36. The van der Waals surface area contributed by atoms with Gasteiger partial charge in [0.15, 0.2) is 0 Å². The van der Waals surface area contributed by atoms with Gasteiger partial charge in [0.05, 0.1) is 0 Å². The third-order valence-corrected chi connectivity index (χ3v) is 6.23. The highest BCUT2D eigenvalue weighted by atomic mass is 16.4. The van der Waals surface area contributed by atoms with Gasteiger partial charge in [0, 0.05) is 38.0 Å². The van der Waals surface area contributed by atoms with Crippen LogP contribution in [0.5, 0.6) is 0 Å². The number of carboxylic acid groups (broad SMARTS) is 1. The number of rotatable bonds is 4. The Kier molecular flexibility index (Phi) is 5.43. The first-order valence-electron chi connectivity index (χ1n) is 9.91. The van der Waals surface area contributed by atoms with Crippen LogP contribution in [-0.4, -0.2) is 65.5 Å². The summed E-state index contributed by atoms with van der Waals surface area (Å²) in [6.45, 7) is 4.70. The average molecular weight is 372 g/mol. The van der Waals surface area contributed by atoms with Crippen molar-refractivity contribution < 1.29 is 14.7 Å². The minimum absolute atomic E-state index is 0.0633. The van der Waals surface area contributed by atoms with E-state index >= 15 is 0 Å². The van der Waals surface area contributed by atoms with E-state index in [2.05, 4.69) is 34.0 Å². The van der Waals surface area contributed by atoms with E-state index in [4.69, 9.17) is 0 Å².